The van der Waals surface area contributed by atoms with Crippen LogP contribution in [0.1, 0.15) is 6.04 Å². The summed E-state index contributed by atoms with van der Waals surface area (Å²) in [6.45, 7) is 0.488. The largest absolute Gasteiger partial charge is 0.420 e. The van der Waals surface area contributed by atoms with E-state index in [1.54, 1.807) is 18.2 Å². The van der Waals surface area contributed by atoms with Crippen molar-refractivity contribution in [1.82, 2.24) is 9.88 Å². The maximum atomic E-state index is 11.5. The average molecular weight is 204 g/mol. The lowest BCUT2D eigenvalue weighted by Crippen LogP contribution is -2.51. The van der Waals surface area contributed by atoms with Gasteiger partial charge in [-0.1, -0.05) is 12.1 Å². The average Bonchev–Trinajstić information content (AvgIpc) is 2.54. The number of aromatic nitrogens is 1. The molecule has 0 aliphatic carbocycles. The predicted octanol–water partition coefficient (Wildman–Crippen LogP) is 0.265. The van der Waals surface area contributed by atoms with Gasteiger partial charge in [0.1, 0.15) is 6.04 Å². The lowest BCUT2D eigenvalue weighted by atomic mass is 10.1. The van der Waals surface area contributed by atoms with Crippen molar-refractivity contribution in [3.63, 3.8) is 0 Å². The van der Waals surface area contributed by atoms with Crippen LogP contribution in [0.25, 0.3) is 11.1 Å². The van der Waals surface area contributed by atoms with Gasteiger partial charge >= 0.3 is 5.76 Å². The zero-order chi connectivity index (χ0) is 10.4. The molecular formula is C10H8N2O3. The Hall–Kier alpha value is -2.04. The molecule has 2 heterocycles. The molecule has 1 N–H and O–H groups in total. The van der Waals surface area contributed by atoms with Crippen molar-refractivity contribution in [2.45, 2.75) is 6.04 Å². The van der Waals surface area contributed by atoms with Gasteiger partial charge in [0.2, 0.25) is 5.91 Å². The number of fused-ring (bicyclic) bond motifs is 1. The van der Waals surface area contributed by atoms with Crippen LogP contribution < -0.4 is 11.1 Å². The van der Waals surface area contributed by atoms with E-state index in [-0.39, 0.29) is 5.91 Å². The van der Waals surface area contributed by atoms with Crippen LogP contribution in [0.2, 0.25) is 0 Å². The van der Waals surface area contributed by atoms with Crippen molar-refractivity contribution >= 4 is 17.0 Å². The Kier molecular flexibility index (Phi) is 1.50. The highest BCUT2D eigenvalue weighted by Crippen LogP contribution is 2.19. The normalized spacial score (nSPS) is 20.0. The highest BCUT2D eigenvalue weighted by Gasteiger charge is 2.32. The molecule has 1 aromatic heterocycles. The highest BCUT2D eigenvalue weighted by molar-refractivity contribution is 5.88. The molecule has 0 radical (unpaired) electrons. The number of nitrogens with one attached hydrogen (secondary N) is 1. The summed E-state index contributed by atoms with van der Waals surface area (Å²) in [5.41, 5.74) is 1.18. The van der Waals surface area contributed by atoms with Gasteiger partial charge in [-0.3, -0.25) is 9.36 Å². The van der Waals surface area contributed by atoms with Gasteiger partial charge in [0.05, 0.1) is 5.52 Å². The number of oxazole rings is 1. The first-order valence-electron chi connectivity index (χ1n) is 4.65. The molecule has 1 atom stereocenters. The number of hydrogen-bond acceptors (Lipinski definition) is 3. The van der Waals surface area contributed by atoms with Crippen LogP contribution in [-0.2, 0) is 4.79 Å². The smallest absolute Gasteiger partial charge is 0.408 e. The first-order valence-corrected chi connectivity index (χ1v) is 4.65. The quantitative estimate of drug-likeness (QED) is 0.678. The Morgan fingerprint density at radius 3 is 2.80 bits per heavy atom. The first-order chi connectivity index (χ1) is 7.27. The summed E-state index contributed by atoms with van der Waals surface area (Å²) in [6.07, 6.45) is 0. The standard InChI is InChI=1S/C10H8N2O3/c13-9-7(5-11-9)12-6-3-1-2-4-8(6)15-10(12)14/h1-4,7H,5H2,(H,11,13). The molecule has 0 spiro atoms. The molecule has 76 valence electrons. The van der Waals surface area contributed by atoms with E-state index in [0.717, 1.165) is 0 Å². The molecule has 3 rings (SSSR count). The molecular weight excluding hydrogens is 196 g/mol. The van der Waals surface area contributed by atoms with E-state index in [9.17, 15) is 9.59 Å². The van der Waals surface area contributed by atoms with Crippen molar-refractivity contribution in [2.24, 2.45) is 0 Å². The number of amides is 1. The Balaban J connectivity index is 2.29. The topological polar surface area (TPSA) is 64.2 Å². The molecule has 1 aromatic carbocycles. The van der Waals surface area contributed by atoms with E-state index in [1.807, 2.05) is 6.07 Å². The maximum Gasteiger partial charge on any atom is 0.420 e. The van der Waals surface area contributed by atoms with Gasteiger partial charge in [-0.25, -0.2) is 4.79 Å². The van der Waals surface area contributed by atoms with Crippen molar-refractivity contribution in [1.29, 1.82) is 0 Å². The second-order valence-corrected chi connectivity index (χ2v) is 3.47. The van der Waals surface area contributed by atoms with E-state index in [2.05, 4.69) is 5.32 Å². The molecule has 1 fully saturated rings. The minimum absolute atomic E-state index is 0.136. The molecule has 5 nitrogen and oxygen atoms in total. The van der Waals surface area contributed by atoms with E-state index in [4.69, 9.17) is 4.42 Å². The van der Waals surface area contributed by atoms with Gasteiger partial charge in [-0.15, -0.1) is 0 Å². The van der Waals surface area contributed by atoms with Gasteiger partial charge in [0, 0.05) is 6.54 Å². The molecule has 0 saturated carbocycles. The zero-order valence-electron chi connectivity index (χ0n) is 7.77. The number of carbonyl (C=O) groups is 1. The lowest BCUT2D eigenvalue weighted by molar-refractivity contribution is -0.130. The van der Waals surface area contributed by atoms with Crippen LogP contribution in [-0.4, -0.2) is 17.0 Å². The summed E-state index contributed by atoms with van der Waals surface area (Å²) in [5.74, 6) is -0.611. The van der Waals surface area contributed by atoms with Gasteiger partial charge < -0.3 is 9.73 Å². The van der Waals surface area contributed by atoms with E-state index >= 15 is 0 Å². The number of carbonyl (C=O) groups excluding carboxylic acids is 1. The number of hydrogen-bond donors (Lipinski definition) is 1. The van der Waals surface area contributed by atoms with Crippen LogP contribution in [0.4, 0.5) is 0 Å². The predicted molar refractivity (Wildman–Crippen MR) is 52.5 cm³/mol. The molecule has 1 saturated heterocycles. The van der Waals surface area contributed by atoms with Crippen LogP contribution in [0, 0.1) is 0 Å². The van der Waals surface area contributed by atoms with E-state index in [0.29, 0.717) is 17.6 Å². The van der Waals surface area contributed by atoms with E-state index < -0.39 is 11.8 Å². The van der Waals surface area contributed by atoms with Crippen LogP contribution in [0.15, 0.2) is 33.5 Å². The summed E-state index contributed by atoms with van der Waals surface area (Å²) < 4.78 is 6.43. The number of rotatable bonds is 1. The van der Waals surface area contributed by atoms with Crippen molar-refractivity contribution in [3.8, 4) is 0 Å². The summed E-state index contributed by atoms with van der Waals surface area (Å²) in [4.78, 5) is 22.7. The third-order valence-corrected chi connectivity index (χ3v) is 2.60. The Morgan fingerprint density at radius 1 is 1.33 bits per heavy atom. The Bertz CT molecular complexity index is 596. The van der Waals surface area contributed by atoms with E-state index in [1.165, 1.54) is 4.57 Å². The SMILES string of the molecule is O=C1NCC1n1c(=O)oc2ccccc21. The third-order valence-electron chi connectivity index (χ3n) is 2.60. The molecule has 1 aliphatic heterocycles. The number of benzene rings is 1. The fraction of sp³-hybridized carbons (Fsp3) is 0.200. The summed E-state index contributed by atoms with van der Waals surface area (Å²) in [6, 6.07) is 6.66. The molecule has 2 aromatic rings. The molecule has 0 bridgehead atoms. The Labute approximate surface area is 84.3 Å². The third kappa shape index (κ3) is 1.03. The minimum Gasteiger partial charge on any atom is -0.408 e. The summed E-state index contributed by atoms with van der Waals surface area (Å²) in [5, 5.41) is 2.60. The summed E-state index contributed by atoms with van der Waals surface area (Å²) in [7, 11) is 0. The van der Waals surface area contributed by atoms with Gasteiger partial charge in [-0.05, 0) is 12.1 Å². The van der Waals surface area contributed by atoms with Crippen LogP contribution >= 0.6 is 0 Å². The fourth-order valence-electron chi connectivity index (χ4n) is 1.76. The summed E-state index contributed by atoms with van der Waals surface area (Å²) >= 11 is 0. The van der Waals surface area contributed by atoms with Crippen molar-refractivity contribution in [2.75, 3.05) is 6.54 Å². The lowest BCUT2D eigenvalue weighted by Gasteiger charge is -2.26. The molecule has 1 amide bonds. The minimum atomic E-state index is -0.476. The van der Waals surface area contributed by atoms with Crippen molar-refractivity contribution < 1.29 is 9.21 Å². The van der Waals surface area contributed by atoms with Gasteiger partial charge in [0.25, 0.3) is 0 Å². The molecule has 1 aliphatic rings. The second-order valence-electron chi connectivity index (χ2n) is 3.47. The molecule has 15 heavy (non-hydrogen) atoms. The van der Waals surface area contributed by atoms with Gasteiger partial charge in [-0.2, -0.15) is 0 Å². The zero-order valence-corrected chi connectivity index (χ0v) is 7.77. The Morgan fingerprint density at radius 2 is 2.13 bits per heavy atom. The second kappa shape index (κ2) is 2.73. The molecule has 1 unspecified atom stereocenters. The monoisotopic (exact) mass is 204 g/mol. The molecule has 5 heteroatoms. The fourth-order valence-corrected chi connectivity index (χ4v) is 1.76. The maximum absolute atomic E-state index is 11.5. The van der Waals surface area contributed by atoms with Gasteiger partial charge in [0.15, 0.2) is 5.58 Å². The number of para-hydroxylation sites is 2. The number of β-lactam (4-membered cyclic amide) rings is 1. The van der Waals surface area contributed by atoms with Crippen LogP contribution in [0.3, 0.4) is 0 Å². The number of nitrogens with zero attached hydrogens (tertiary/aromatic N) is 1. The van der Waals surface area contributed by atoms with Crippen molar-refractivity contribution in [3.05, 3.63) is 34.8 Å². The first kappa shape index (κ1) is 8.28. The van der Waals surface area contributed by atoms with Crippen LogP contribution in [0.5, 0.6) is 0 Å². The highest BCUT2D eigenvalue weighted by atomic mass is 16.4.